The second kappa shape index (κ2) is 5.12. The van der Waals surface area contributed by atoms with Gasteiger partial charge in [-0.3, -0.25) is 0 Å². The van der Waals surface area contributed by atoms with Crippen LogP contribution in [0.4, 0.5) is 0 Å². The Hall–Kier alpha value is -1.25. The third-order valence-corrected chi connectivity index (χ3v) is 7.65. The first-order valence-corrected chi connectivity index (χ1v) is 9.36. The van der Waals surface area contributed by atoms with Gasteiger partial charge < -0.3 is 10.3 Å². The molecule has 2 N–H and O–H groups in total. The van der Waals surface area contributed by atoms with Gasteiger partial charge in [-0.1, -0.05) is 45.0 Å². The molecule has 2 aliphatic carbocycles. The minimum atomic E-state index is -0.118. The molecule has 1 aromatic carbocycles. The van der Waals surface area contributed by atoms with Crippen molar-refractivity contribution < 1.29 is 0 Å². The van der Waals surface area contributed by atoms with E-state index in [0.29, 0.717) is 11.8 Å². The molecule has 1 heterocycles. The van der Waals surface area contributed by atoms with Crippen LogP contribution < -0.4 is 5.32 Å². The normalized spacial score (nSPS) is 37.2. The van der Waals surface area contributed by atoms with E-state index in [1.54, 1.807) is 0 Å². The molecule has 0 amide bonds. The van der Waals surface area contributed by atoms with Crippen LogP contribution in [0.1, 0.15) is 44.4 Å². The number of nitrogens with one attached hydrogen (secondary N) is 2. The number of benzene rings is 1. The van der Waals surface area contributed by atoms with Gasteiger partial charge in [-0.25, -0.2) is 0 Å². The van der Waals surface area contributed by atoms with Crippen molar-refractivity contribution in [3.8, 4) is 0 Å². The van der Waals surface area contributed by atoms with Gasteiger partial charge in [0, 0.05) is 44.8 Å². The molecule has 0 spiro atoms. The number of hydrogen-bond donors (Lipinski definition) is 2. The van der Waals surface area contributed by atoms with Crippen LogP contribution in [-0.2, 0) is 5.41 Å². The largest absolute Gasteiger partial charge is 0.358 e. The number of fused-ring (bicyclic) bond motifs is 5. The second-order valence-corrected chi connectivity index (χ2v) is 8.88. The first-order valence-electron chi connectivity index (χ1n) is 8.92. The summed E-state index contributed by atoms with van der Waals surface area (Å²) in [4.78, 5) is 3.73. The average molecular weight is 343 g/mol. The molecule has 0 radical (unpaired) electrons. The Morgan fingerprint density at radius 1 is 1.29 bits per heavy atom. The van der Waals surface area contributed by atoms with Crippen molar-refractivity contribution in [3.05, 3.63) is 48.2 Å². The number of rotatable bonds is 2. The molecule has 2 nitrogen and oxygen atoms in total. The summed E-state index contributed by atoms with van der Waals surface area (Å²) in [6.07, 6.45) is 3.10. The van der Waals surface area contributed by atoms with Crippen LogP contribution in [0, 0.1) is 11.3 Å². The quantitative estimate of drug-likeness (QED) is 0.586. The smallest absolute Gasteiger partial charge is 0.0459 e. The molecule has 2 aromatic rings. The zero-order valence-corrected chi connectivity index (χ0v) is 15.7. The Morgan fingerprint density at radius 2 is 2.00 bits per heavy atom. The summed E-state index contributed by atoms with van der Waals surface area (Å²) >= 11 is 6.90. The molecule has 128 valence electrons. The molecule has 1 fully saturated rings. The molecule has 2 aliphatic rings. The van der Waals surface area contributed by atoms with Crippen LogP contribution in [0.3, 0.4) is 0 Å². The molecule has 0 aliphatic heterocycles. The van der Waals surface area contributed by atoms with Crippen LogP contribution in [-0.4, -0.2) is 23.5 Å². The van der Waals surface area contributed by atoms with E-state index in [1.807, 2.05) is 0 Å². The van der Waals surface area contributed by atoms with Crippen molar-refractivity contribution in [3.63, 3.8) is 0 Å². The van der Waals surface area contributed by atoms with Gasteiger partial charge in [0.25, 0.3) is 0 Å². The first kappa shape index (κ1) is 16.2. The summed E-state index contributed by atoms with van der Waals surface area (Å²) in [6, 6.07) is 8.99. The number of halogens is 1. The number of aromatic amines is 1. The van der Waals surface area contributed by atoms with E-state index in [1.165, 1.54) is 22.2 Å². The maximum Gasteiger partial charge on any atom is 0.0459 e. The van der Waals surface area contributed by atoms with Crippen molar-refractivity contribution in [1.29, 1.82) is 0 Å². The molecule has 0 bridgehead atoms. The number of aromatic nitrogens is 1. The molecule has 1 aromatic heterocycles. The highest BCUT2D eigenvalue weighted by Gasteiger charge is 2.59. The number of likely N-dealkylation sites (N-methyl/N-ethyl adjacent to an activating group) is 1. The van der Waals surface area contributed by atoms with E-state index in [2.05, 4.69) is 75.0 Å². The van der Waals surface area contributed by atoms with Gasteiger partial charge in [-0.2, -0.15) is 0 Å². The molecule has 1 saturated carbocycles. The summed E-state index contributed by atoms with van der Waals surface area (Å²) in [5, 5.41) is 5.08. The first-order chi connectivity index (χ1) is 11.4. The predicted octanol–water partition coefficient (Wildman–Crippen LogP) is 4.95. The molecule has 3 heteroatoms. The van der Waals surface area contributed by atoms with Crippen molar-refractivity contribution in [1.82, 2.24) is 10.3 Å². The Labute approximate surface area is 149 Å². The van der Waals surface area contributed by atoms with Gasteiger partial charge in [-0.05, 0) is 31.0 Å². The molecular weight excluding hydrogens is 316 g/mol. The van der Waals surface area contributed by atoms with Gasteiger partial charge in [0.15, 0.2) is 0 Å². The Bertz CT molecular complexity index is 805. The molecule has 4 rings (SSSR count). The van der Waals surface area contributed by atoms with Crippen LogP contribution in [0.15, 0.2) is 36.9 Å². The van der Waals surface area contributed by atoms with E-state index in [-0.39, 0.29) is 22.2 Å². The monoisotopic (exact) mass is 342 g/mol. The lowest BCUT2D eigenvalue weighted by atomic mass is 9.59. The standard InChI is InChI=1S/C21H27ClN2/c1-6-21(4)15(22)11-13-17(19(21)23-5)16-12-9-7-8-10-14(12)24-18(16)20(13,2)3/h6-10,13,15,17,19,23-24H,1,11H2,2-5H3. The highest BCUT2D eigenvalue weighted by molar-refractivity contribution is 6.21. The summed E-state index contributed by atoms with van der Waals surface area (Å²) < 4.78 is 0. The van der Waals surface area contributed by atoms with Gasteiger partial charge in [0.05, 0.1) is 0 Å². The maximum atomic E-state index is 6.90. The number of H-pyrrole nitrogens is 1. The number of hydrogen-bond acceptors (Lipinski definition) is 1. The predicted molar refractivity (Wildman–Crippen MR) is 103 cm³/mol. The van der Waals surface area contributed by atoms with Crippen LogP contribution in [0.25, 0.3) is 10.9 Å². The Balaban J connectivity index is 1.98. The molecule has 5 unspecified atom stereocenters. The lowest BCUT2D eigenvalue weighted by Gasteiger charge is -2.51. The van der Waals surface area contributed by atoms with E-state index >= 15 is 0 Å². The minimum absolute atomic E-state index is 0.100. The van der Waals surface area contributed by atoms with E-state index < -0.39 is 0 Å². The summed E-state index contributed by atoms with van der Waals surface area (Å²) in [5.74, 6) is 0.991. The summed E-state index contributed by atoms with van der Waals surface area (Å²) in [5.41, 5.74) is 4.13. The van der Waals surface area contributed by atoms with Gasteiger partial charge in [0.2, 0.25) is 0 Å². The second-order valence-electron chi connectivity index (χ2n) is 8.35. The van der Waals surface area contributed by atoms with Crippen molar-refractivity contribution in [2.45, 2.75) is 49.9 Å². The van der Waals surface area contributed by atoms with Crippen LogP contribution in [0.5, 0.6) is 0 Å². The van der Waals surface area contributed by atoms with Crippen LogP contribution in [0.2, 0.25) is 0 Å². The summed E-state index contributed by atoms with van der Waals surface area (Å²) in [7, 11) is 2.07. The van der Waals surface area contributed by atoms with Crippen molar-refractivity contribution in [2.75, 3.05) is 7.05 Å². The van der Waals surface area contributed by atoms with Crippen molar-refractivity contribution >= 4 is 22.5 Å². The minimum Gasteiger partial charge on any atom is -0.358 e. The highest BCUT2D eigenvalue weighted by atomic mass is 35.5. The Morgan fingerprint density at radius 3 is 2.67 bits per heavy atom. The zero-order chi connectivity index (χ0) is 17.3. The molecular formula is C21H27ClN2. The van der Waals surface area contributed by atoms with E-state index in [0.717, 1.165) is 6.42 Å². The van der Waals surface area contributed by atoms with E-state index in [4.69, 9.17) is 11.6 Å². The van der Waals surface area contributed by atoms with E-state index in [9.17, 15) is 0 Å². The molecule has 5 atom stereocenters. The fourth-order valence-corrected chi connectivity index (χ4v) is 5.91. The highest BCUT2D eigenvalue weighted by Crippen LogP contribution is 2.62. The van der Waals surface area contributed by atoms with Crippen molar-refractivity contribution in [2.24, 2.45) is 11.3 Å². The molecule has 0 saturated heterocycles. The topological polar surface area (TPSA) is 27.8 Å². The van der Waals surface area contributed by atoms with Gasteiger partial charge >= 0.3 is 0 Å². The van der Waals surface area contributed by atoms with Crippen LogP contribution >= 0.6 is 11.6 Å². The maximum absolute atomic E-state index is 6.90. The van der Waals surface area contributed by atoms with Gasteiger partial charge in [0.1, 0.15) is 0 Å². The third-order valence-electron chi connectivity index (χ3n) is 7.00. The Kier molecular flexibility index (Phi) is 3.47. The molecule has 24 heavy (non-hydrogen) atoms. The lowest BCUT2D eigenvalue weighted by molar-refractivity contribution is 0.111. The SMILES string of the molecule is C=CC1(C)C(Cl)CC2C(c3c([nH]c4ccccc34)C2(C)C)C1NC. The fraction of sp³-hybridized carbons (Fsp3) is 0.524. The number of alkyl halides is 1. The lowest BCUT2D eigenvalue weighted by Crippen LogP contribution is -2.56. The zero-order valence-electron chi connectivity index (χ0n) is 15.0. The fourth-order valence-electron chi connectivity index (χ4n) is 5.50. The number of para-hydroxylation sites is 1. The average Bonchev–Trinajstić information content (AvgIpc) is 3.04. The summed E-state index contributed by atoms with van der Waals surface area (Å²) in [6.45, 7) is 11.1. The third kappa shape index (κ3) is 1.82. The van der Waals surface area contributed by atoms with Gasteiger partial charge in [-0.15, -0.1) is 18.2 Å².